The van der Waals surface area contributed by atoms with E-state index in [-0.39, 0.29) is 11.7 Å². The van der Waals surface area contributed by atoms with E-state index in [9.17, 15) is 18.0 Å². The largest absolute Gasteiger partial charge is 0.462 e. The summed E-state index contributed by atoms with van der Waals surface area (Å²) in [5.41, 5.74) is 8.69. The Bertz CT molecular complexity index is 479. The predicted octanol–water partition coefficient (Wildman–Crippen LogP) is 1.24. The van der Waals surface area contributed by atoms with Crippen molar-refractivity contribution in [2.45, 2.75) is 13.1 Å². The van der Waals surface area contributed by atoms with Gasteiger partial charge in [-0.1, -0.05) is 11.3 Å². The highest BCUT2D eigenvalue weighted by molar-refractivity contribution is 7.17. The van der Waals surface area contributed by atoms with E-state index in [0.717, 1.165) is 0 Å². The van der Waals surface area contributed by atoms with Crippen LogP contribution in [0.15, 0.2) is 4.99 Å². The van der Waals surface area contributed by atoms with Crippen LogP contribution in [0.1, 0.15) is 22.3 Å². The average Bonchev–Trinajstić information content (AvgIpc) is 2.60. The second kappa shape index (κ2) is 5.21. The van der Waals surface area contributed by atoms with Crippen molar-refractivity contribution in [3.8, 4) is 0 Å². The molecule has 0 saturated carbocycles. The van der Waals surface area contributed by atoms with Gasteiger partial charge < -0.3 is 16.2 Å². The summed E-state index contributed by atoms with van der Waals surface area (Å²) < 4.78 is 42.4. The molecule has 0 atom stereocenters. The van der Waals surface area contributed by atoms with E-state index >= 15 is 0 Å². The third-order valence-corrected chi connectivity index (χ3v) is 2.50. The zero-order valence-corrected chi connectivity index (χ0v) is 9.93. The smallest absolute Gasteiger partial charge is 0.435 e. The third kappa shape index (κ3) is 3.32. The molecule has 18 heavy (non-hydrogen) atoms. The lowest BCUT2D eigenvalue weighted by Crippen LogP contribution is -2.21. The van der Waals surface area contributed by atoms with Gasteiger partial charge in [0, 0.05) is 0 Å². The Balaban J connectivity index is 3.26. The number of alkyl halides is 3. The van der Waals surface area contributed by atoms with Crippen LogP contribution in [0, 0.1) is 0 Å². The standard InChI is InChI=1S/C8H9F3N4O2S/c1-2-17-5(16)3-4(8(9,10)11)14-7(18-3)15-6(12)13/h2H2,1H3,(H4,12,13,14,15). The van der Waals surface area contributed by atoms with Crippen LogP contribution < -0.4 is 11.5 Å². The first-order valence-electron chi connectivity index (χ1n) is 4.60. The number of nitrogens with zero attached hydrogens (tertiary/aromatic N) is 2. The fourth-order valence-electron chi connectivity index (χ4n) is 0.994. The minimum atomic E-state index is -4.78. The van der Waals surface area contributed by atoms with Crippen LogP contribution in [0.4, 0.5) is 18.3 Å². The number of aromatic nitrogens is 1. The van der Waals surface area contributed by atoms with Crippen molar-refractivity contribution in [1.29, 1.82) is 0 Å². The molecule has 0 aliphatic carbocycles. The van der Waals surface area contributed by atoms with Crippen LogP contribution in [0.25, 0.3) is 0 Å². The summed E-state index contributed by atoms with van der Waals surface area (Å²) in [7, 11) is 0. The lowest BCUT2D eigenvalue weighted by Gasteiger charge is -2.04. The molecule has 10 heteroatoms. The molecule has 0 unspecified atom stereocenters. The molecule has 0 amide bonds. The van der Waals surface area contributed by atoms with Crippen molar-refractivity contribution in [2.24, 2.45) is 16.5 Å². The summed E-state index contributed by atoms with van der Waals surface area (Å²) in [5.74, 6) is -1.56. The molecule has 1 aromatic heterocycles. The number of halogens is 3. The highest BCUT2D eigenvalue weighted by Crippen LogP contribution is 2.37. The molecule has 1 rings (SSSR count). The number of nitrogens with two attached hydrogens (primary N) is 2. The number of rotatable bonds is 3. The minimum absolute atomic E-state index is 0.0499. The van der Waals surface area contributed by atoms with Gasteiger partial charge in [0.15, 0.2) is 11.7 Å². The highest BCUT2D eigenvalue weighted by Gasteiger charge is 2.40. The molecule has 0 fully saturated rings. The van der Waals surface area contributed by atoms with Gasteiger partial charge in [-0.15, -0.1) is 0 Å². The van der Waals surface area contributed by atoms with E-state index in [1.54, 1.807) is 0 Å². The van der Waals surface area contributed by atoms with Crippen LogP contribution >= 0.6 is 11.3 Å². The fourth-order valence-corrected chi connectivity index (χ4v) is 1.87. The molecule has 0 radical (unpaired) electrons. The topological polar surface area (TPSA) is 104 Å². The zero-order chi connectivity index (χ0) is 13.9. The third-order valence-electron chi connectivity index (χ3n) is 1.57. The summed E-state index contributed by atoms with van der Waals surface area (Å²) >= 11 is 0.410. The first-order chi connectivity index (χ1) is 8.25. The lowest BCUT2D eigenvalue weighted by atomic mass is 10.3. The Kier molecular flexibility index (Phi) is 4.11. The predicted molar refractivity (Wildman–Crippen MR) is 58.5 cm³/mol. The van der Waals surface area contributed by atoms with E-state index in [1.165, 1.54) is 6.92 Å². The van der Waals surface area contributed by atoms with Crippen molar-refractivity contribution in [1.82, 2.24) is 4.98 Å². The van der Waals surface area contributed by atoms with Crippen LogP contribution in [0.2, 0.25) is 0 Å². The molecule has 0 spiro atoms. The number of aliphatic imine (C=N–C) groups is 1. The SMILES string of the molecule is CCOC(=O)c1sc(N=C(N)N)nc1C(F)(F)F. The number of guanidine groups is 1. The molecule has 6 nitrogen and oxygen atoms in total. The van der Waals surface area contributed by atoms with Gasteiger partial charge in [-0.25, -0.2) is 9.78 Å². The van der Waals surface area contributed by atoms with E-state index in [4.69, 9.17) is 11.5 Å². The number of carbonyl (C=O) groups is 1. The highest BCUT2D eigenvalue weighted by atomic mass is 32.1. The number of carbonyl (C=O) groups excluding carboxylic acids is 1. The van der Waals surface area contributed by atoms with Crippen LogP contribution in [-0.2, 0) is 10.9 Å². The fraction of sp³-hybridized carbons (Fsp3) is 0.375. The number of hydrogen-bond acceptors (Lipinski definition) is 5. The molecule has 0 bridgehead atoms. The number of ether oxygens (including phenoxy) is 1. The van der Waals surface area contributed by atoms with Gasteiger partial charge in [-0.3, -0.25) is 0 Å². The molecule has 0 aromatic carbocycles. The van der Waals surface area contributed by atoms with E-state index in [1.807, 2.05) is 0 Å². The normalized spacial score (nSPS) is 11.1. The van der Waals surface area contributed by atoms with Gasteiger partial charge in [0.1, 0.15) is 4.88 Å². The maximum Gasteiger partial charge on any atom is 0.435 e. The molecular formula is C8H9F3N4O2S. The van der Waals surface area contributed by atoms with Gasteiger partial charge in [0.2, 0.25) is 5.13 Å². The summed E-state index contributed by atoms with van der Waals surface area (Å²) in [6.45, 7) is 1.43. The molecule has 1 aromatic rings. The molecule has 100 valence electrons. The Morgan fingerprint density at radius 1 is 1.50 bits per heavy atom. The van der Waals surface area contributed by atoms with Gasteiger partial charge >= 0.3 is 12.1 Å². The maximum atomic E-state index is 12.6. The molecule has 1 heterocycles. The molecular weight excluding hydrogens is 273 g/mol. The molecule has 4 N–H and O–H groups in total. The quantitative estimate of drug-likeness (QED) is 0.493. The minimum Gasteiger partial charge on any atom is -0.462 e. The second-order valence-electron chi connectivity index (χ2n) is 2.93. The number of thiazole rings is 1. The van der Waals surface area contributed by atoms with Gasteiger partial charge in [-0.2, -0.15) is 18.2 Å². The van der Waals surface area contributed by atoms with E-state index < -0.39 is 28.7 Å². The summed E-state index contributed by atoms with van der Waals surface area (Å²) in [4.78, 5) is 17.2. The number of hydrogen-bond donors (Lipinski definition) is 2. The lowest BCUT2D eigenvalue weighted by molar-refractivity contribution is -0.141. The Hall–Kier alpha value is -1.84. The van der Waals surface area contributed by atoms with Gasteiger partial charge in [0.05, 0.1) is 6.61 Å². The zero-order valence-electron chi connectivity index (χ0n) is 9.11. The van der Waals surface area contributed by atoms with Crippen molar-refractivity contribution in [3.05, 3.63) is 10.6 Å². The van der Waals surface area contributed by atoms with Crippen molar-refractivity contribution in [2.75, 3.05) is 6.61 Å². The summed E-state index contributed by atoms with van der Waals surface area (Å²) in [5, 5.41) is -0.356. The average molecular weight is 282 g/mol. The first-order valence-corrected chi connectivity index (χ1v) is 5.42. The van der Waals surface area contributed by atoms with Crippen LogP contribution in [-0.4, -0.2) is 23.5 Å². The van der Waals surface area contributed by atoms with Crippen LogP contribution in [0.5, 0.6) is 0 Å². The van der Waals surface area contributed by atoms with E-state index in [2.05, 4.69) is 14.7 Å². The summed E-state index contributed by atoms with van der Waals surface area (Å²) in [6, 6.07) is 0. The molecule has 0 aliphatic rings. The van der Waals surface area contributed by atoms with Crippen molar-refractivity contribution < 1.29 is 22.7 Å². The van der Waals surface area contributed by atoms with Crippen molar-refractivity contribution in [3.63, 3.8) is 0 Å². The first kappa shape index (κ1) is 14.2. The Labute approximate surface area is 103 Å². The second-order valence-corrected chi connectivity index (χ2v) is 3.91. The van der Waals surface area contributed by atoms with E-state index in [0.29, 0.717) is 11.3 Å². The summed E-state index contributed by atoms with van der Waals surface area (Å²) in [6.07, 6.45) is -4.78. The molecule has 0 aliphatic heterocycles. The monoisotopic (exact) mass is 282 g/mol. The van der Waals surface area contributed by atoms with Crippen LogP contribution in [0.3, 0.4) is 0 Å². The number of esters is 1. The maximum absolute atomic E-state index is 12.6. The Morgan fingerprint density at radius 3 is 2.56 bits per heavy atom. The Morgan fingerprint density at radius 2 is 2.11 bits per heavy atom. The van der Waals surface area contributed by atoms with Gasteiger partial charge in [-0.05, 0) is 6.92 Å². The van der Waals surface area contributed by atoms with Crippen molar-refractivity contribution >= 4 is 28.4 Å². The van der Waals surface area contributed by atoms with Gasteiger partial charge in [0.25, 0.3) is 0 Å². The molecule has 0 saturated heterocycles.